The predicted octanol–water partition coefficient (Wildman–Crippen LogP) is 2.16. The largest absolute Gasteiger partial charge is 0.471 e. The van der Waals surface area contributed by atoms with Gasteiger partial charge in [-0.15, -0.1) is 0 Å². The Hall–Kier alpha value is -1.68. The number of rotatable bonds is 3. The smallest absolute Gasteiger partial charge is 0.180 e. The molecule has 0 bridgehead atoms. The lowest BCUT2D eigenvalue weighted by molar-refractivity contribution is 0.221. The molecule has 4 nitrogen and oxygen atoms in total. The molecule has 0 amide bonds. The van der Waals surface area contributed by atoms with Crippen molar-refractivity contribution in [2.75, 3.05) is 5.73 Å². The fraction of sp³-hybridized carbons (Fsp3) is 0.100. The summed E-state index contributed by atoms with van der Waals surface area (Å²) < 4.78 is 7.06. The molecule has 15 heavy (non-hydrogen) atoms. The molecular formula is C10H10ClN3O. The molecule has 0 unspecified atom stereocenters. The molecule has 2 aromatic rings. The number of nitrogens with two attached hydrogens (primary N) is 1. The van der Waals surface area contributed by atoms with Crippen molar-refractivity contribution in [3.05, 3.63) is 41.6 Å². The number of anilines is 1. The maximum absolute atomic E-state index is 5.74. The zero-order chi connectivity index (χ0) is 10.7. The molecule has 0 aliphatic heterocycles. The van der Waals surface area contributed by atoms with Gasteiger partial charge in [-0.1, -0.05) is 11.6 Å². The fourth-order valence-corrected chi connectivity index (χ4v) is 1.25. The Bertz CT molecular complexity index is 438. The Morgan fingerprint density at radius 2 is 2.00 bits per heavy atom. The van der Waals surface area contributed by atoms with Crippen molar-refractivity contribution in [2.24, 2.45) is 0 Å². The maximum atomic E-state index is 5.74. The summed E-state index contributed by atoms with van der Waals surface area (Å²) in [6, 6.07) is 8.86. The summed E-state index contributed by atoms with van der Waals surface area (Å²) >= 11 is 5.74. The Labute approximate surface area is 92.2 Å². The molecular weight excluding hydrogens is 214 g/mol. The van der Waals surface area contributed by atoms with E-state index in [-0.39, 0.29) is 0 Å². The number of nitrogen functional groups attached to an aromatic ring is 1. The van der Waals surface area contributed by atoms with Crippen LogP contribution in [0, 0.1) is 0 Å². The summed E-state index contributed by atoms with van der Waals surface area (Å²) in [7, 11) is 0. The molecule has 1 aromatic heterocycles. The van der Waals surface area contributed by atoms with E-state index >= 15 is 0 Å². The van der Waals surface area contributed by atoms with Gasteiger partial charge in [-0.25, -0.2) is 4.68 Å². The molecule has 0 aliphatic rings. The van der Waals surface area contributed by atoms with Crippen LogP contribution in [-0.4, -0.2) is 9.78 Å². The highest BCUT2D eigenvalue weighted by Gasteiger charge is 1.96. The van der Waals surface area contributed by atoms with Gasteiger partial charge in [0.25, 0.3) is 0 Å². The van der Waals surface area contributed by atoms with E-state index in [0.717, 1.165) is 5.75 Å². The minimum atomic E-state index is 0.332. The highest BCUT2D eigenvalue weighted by atomic mass is 35.5. The Morgan fingerprint density at radius 1 is 1.27 bits per heavy atom. The predicted molar refractivity (Wildman–Crippen MR) is 58.7 cm³/mol. The molecule has 0 fully saturated rings. The molecule has 0 aliphatic carbocycles. The molecule has 1 aromatic carbocycles. The average molecular weight is 224 g/mol. The zero-order valence-electron chi connectivity index (χ0n) is 7.93. The summed E-state index contributed by atoms with van der Waals surface area (Å²) in [6.07, 6.45) is 1.76. The van der Waals surface area contributed by atoms with Crippen LogP contribution in [0.4, 0.5) is 5.82 Å². The first kappa shape index (κ1) is 9.86. The van der Waals surface area contributed by atoms with E-state index < -0.39 is 0 Å². The molecule has 2 N–H and O–H groups in total. The van der Waals surface area contributed by atoms with E-state index in [9.17, 15) is 0 Å². The molecule has 2 rings (SSSR count). The van der Waals surface area contributed by atoms with Crippen molar-refractivity contribution in [1.29, 1.82) is 0 Å². The summed E-state index contributed by atoms with van der Waals surface area (Å²) in [4.78, 5) is 0. The SMILES string of the molecule is Nc1ccn(COc2ccc(Cl)cc2)n1. The highest BCUT2D eigenvalue weighted by molar-refractivity contribution is 6.30. The van der Waals surface area contributed by atoms with Gasteiger partial charge in [-0.05, 0) is 24.3 Å². The molecule has 0 spiro atoms. The minimum Gasteiger partial charge on any atom is -0.471 e. The summed E-state index contributed by atoms with van der Waals surface area (Å²) in [5.74, 6) is 1.23. The second-order valence-corrected chi connectivity index (χ2v) is 3.44. The Balaban J connectivity index is 1.96. The van der Waals surface area contributed by atoms with Gasteiger partial charge in [0, 0.05) is 17.3 Å². The molecule has 78 valence electrons. The molecule has 5 heteroatoms. The van der Waals surface area contributed by atoms with Gasteiger partial charge in [0.2, 0.25) is 0 Å². The Kier molecular flexibility index (Phi) is 2.78. The van der Waals surface area contributed by atoms with Crippen LogP contribution >= 0.6 is 11.6 Å². The van der Waals surface area contributed by atoms with Crippen molar-refractivity contribution in [1.82, 2.24) is 9.78 Å². The quantitative estimate of drug-likeness (QED) is 0.868. The third-order valence-electron chi connectivity index (χ3n) is 1.84. The standard InChI is InChI=1S/C10H10ClN3O/c11-8-1-3-9(4-2-8)15-7-14-6-5-10(12)13-14/h1-6H,7H2,(H2,12,13). The fourth-order valence-electron chi connectivity index (χ4n) is 1.12. The molecule has 0 radical (unpaired) electrons. The van der Waals surface area contributed by atoms with Crippen LogP contribution in [0.1, 0.15) is 0 Å². The lowest BCUT2D eigenvalue weighted by atomic mass is 10.3. The highest BCUT2D eigenvalue weighted by Crippen LogP contribution is 2.15. The average Bonchev–Trinajstić information content (AvgIpc) is 2.64. The lowest BCUT2D eigenvalue weighted by Crippen LogP contribution is -2.05. The number of ether oxygens (including phenoxy) is 1. The monoisotopic (exact) mass is 223 g/mol. The molecule has 1 heterocycles. The summed E-state index contributed by atoms with van der Waals surface area (Å²) in [6.45, 7) is 0.332. The second-order valence-electron chi connectivity index (χ2n) is 3.01. The minimum absolute atomic E-state index is 0.332. The van der Waals surface area contributed by atoms with E-state index in [0.29, 0.717) is 17.6 Å². The van der Waals surface area contributed by atoms with E-state index in [2.05, 4.69) is 5.10 Å². The van der Waals surface area contributed by atoms with E-state index in [4.69, 9.17) is 22.1 Å². The topological polar surface area (TPSA) is 53.1 Å². The van der Waals surface area contributed by atoms with Crippen molar-refractivity contribution >= 4 is 17.4 Å². The van der Waals surface area contributed by atoms with E-state index in [1.807, 2.05) is 0 Å². The van der Waals surface area contributed by atoms with Gasteiger partial charge in [0.1, 0.15) is 11.6 Å². The number of halogens is 1. The van der Waals surface area contributed by atoms with E-state index in [1.54, 1.807) is 41.2 Å². The lowest BCUT2D eigenvalue weighted by Gasteiger charge is -2.05. The molecule has 0 saturated carbocycles. The number of aromatic nitrogens is 2. The van der Waals surface area contributed by atoms with Crippen LogP contribution in [0.5, 0.6) is 5.75 Å². The first-order chi connectivity index (χ1) is 7.24. The number of nitrogens with zero attached hydrogens (tertiary/aromatic N) is 2. The third-order valence-corrected chi connectivity index (χ3v) is 2.09. The first-order valence-corrected chi connectivity index (χ1v) is 4.79. The molecule has 0 saturated heterocycles. The van der Waals surface area contributed by atoms with Gasteiger partial charge < -0.3 is 10.5 Å². The first-order valence-electron chi connectivity index (χ1n) is 4.41. The van der Waals surface area contributed by atoms with Crippen molar-refractivity contribution in [2.45, 2.75) is 6.73 Å². The normalized spacial score (nSPS) is 10.2. The van der Waals surface area contributed by atoms with Crippen molar-refractivity contribution in [3.63, 3.8) is 0 Å². The van der Waals surface area contributed by atoms with Crippen molar-refractivity contribution < 1.29 is 4.74 Å². The van der Waals surface area contributed by atoms with Gasteiger partial charge in [-0.2, -0.15) is 5.10 Å². The van der Waals surface area contributed by atoms with Crippen molar-refractivity contribution in [3.8, 4) is 5.75 Å². The van der Waals surface area contributed by atoms with E-state index in [1.165, 1.54) is 0 Å². The summed E-state index contributed by atoms with van der Waals surface area (Å²) in [5, 5.41) is 4.67. The second kappa shape index (κ2) is 4.23. The van der Waals surface area contributed by atoms with Gasteiger partial charge >= 0.3 is 0 Å². The van der Waals surface area contributed by atoms with Gasteiger partial charge in [-0.3, -0.25) is 0 Å². The molecule has 0 atom stereocenters. The third kappa shape index (κ3) is 2.63. The van der Waals surface area contributed by atoms with Crippen LogP contribution in [0.2, 0.25) is 5.02 Å². The van der Waals surface area contributed by atoms with Gasteiger partial charge in [0.15, 0.2) is 6.73 Å². The summed E-state index contributed by atoms with van der Waals surface area (Å²) in [5.41, 5.74) is 5.46. The van der Waals surface area contributed by atoms with Crippen LogP contribution in [-0.2, 0) is 6.73 Å². The van der Waals surface area contributed by atoms with Crippen LogP contribution < -0.4 is 10.5 Å². The number of hydrogen-bond acceptors (Lipinski definition) is 3. The van der Waals surface area contributed by atoms with Crippen LogP contribution in [0.3, 0.4) is 0 Å². The van der Waals surface area contributed by atoms with Crippen LogP contribution in [0.25, 0.3) is 0 Å². The number of benzene rings is 1. The van der Waals surface area contributed by atoms with Gasteiger partial charge in [0.05, 0.1) is 0 Å². The van der Waals surface area contributed by atoms with Crippen LogP contribution in [0.15, 0.2) is 36.5 Å². The zero-order valence-corrected chi connectivity index (χ0v) is 8.69. The Morgan fingerprint density at radius 3 is 2.60 bits per heavy atom. The number of hydrogen-bond donors (Lipinski definition) is 1. The maximum Gasteiger partial charge on any atom is 0.180 e.